The number of aliphatic carboxylic acids is 1. The van der Waals surface area contributed by atoms with Crippen LogP contribution in [0.3, 0.4) is 0 Å². The molecule has 0 fully saturated rings. The summed E-state index contributed by atoms with van der Waals surface area (Å²) in [6.07, 6.45) is 1.36. The van der Waals surface area contributed by atoms with E-state index in [1.165, 1.54) is 6.08 Å². The summed E-state index contributed by atoms with van der Waals surface area (Å²) >= 11 is 0. The van der Waals surface area contributed by atoms with Crippen LogP contribution in [0.25, 0.3) is 0 Å². The molecule has 0 aliphatic carbocycles. The summed E-state index contributed by atoms with van der Waals surface area (Å²) in [4.78, 5) is 22.4. The maximum atomic E-state index is 11.5. The van der Waals surface area contributed by atoms with Gasteiger partial charge in [-0.2, -0.15) is 0 Å². The number of carbonyl (C=O) groups excluding carboxylic acids is 1. The number of carbonyl (C=O) groups is 2. The number of hydrogen-bond donors (Lipinski definition) is 3. The summed E-state index contributed by atoms with van der Waals surface area (Å²) in [5, 5.41) is 14.6. The minimum absolute atomic E-state index is 0.195. The fourth-order valence-electron chi connectivity index (χ4n) is 1.53. The Bertz CT molecular complexity index is 469. The molecule has 2 amide bonds. The van der Waals surface area contributed by atoms with Gasteiger partial charge in [0, 0.05) is 5.41 Å². The molecule has 1 heterocycles. The van der Waals surface area contributed by atoms with Gasteiger partial charge in [0.1, 0.15) is 6.04 Å². The molecule has 1 aliphatic rings. The molecule has 0 aromatic heterocycles. The molecule has 0 radical (unpaired) electrons. The molecule has 3 N–H and O–H groups in total. The first-order valence-corrected chi connectivity index (χ1v) is 7.13. The zero-order chi connectivity index (χ0) is 13.9. The van der Waals surface area contributed by atoms with E-state index in [0.717, 1.165) is 5.41 Å². The number of nitrogens with one attached hydrogen (secondary N) is 2. The monoisotopic (exact) mass is 276 g/mol. The van der Waals surface area contributed by atoms with Crippen molar-refractivity contribution in [1.29, 1.82) is 0 Å². The highest BCUT2D eigenvalue weighted by molar-refractivity contribution is 7.94. The number of rotatable bonds is 4. The van der Waals surface area contributed by atoms with Crippen LogP contribution in [0.1, 0.15) is 13.8 Å². The van der Waals surface area contributed by atoms with E-state index in [1.54, 1.807) is 13.8 Å². The Morgan fingerprint density at radius 3 is 2.39 bits per heavy atom. The van der Waals surface area contributed by atoms with Gasteiger partial charge in [0.2, 0.25) is 0 Å². The smallest absolute Gasteiger partial charge is 0.326 e. The summed E-state index contributed by atoms with van der Waals surface area (Å²) in [6.45, 7) is 3.33. The molecule has 0 bridgehead atoms. The highest BCUT2D eigenvalue weighted by atomic mass is 32.2. The Hall–Kier alpha value is -1.57. The molecule has 7 nitrogen and oxygen atoms in total. The average Bonchev–Trinajstić information content (AvgIpc) is 2.53. The van der Waals surface area contributed by atoms with Crippen molar-refractivity contribution in [2.45, 2.75) is 25.9 Å². The first-order valence-electron chi connectivity index (χ1n) is 5.42. The largest absolute Gasteiger partial charge is 0.480 e. The predicted molar refractivity (Wildman–Crippen MR) is 64.6 cm³/mol. The zero-order valence-corrected chi connectivity index (χ0v) is 10.9. The van der Waals surface area contributed by atoms with Crippen molar-refractivity contribution in [3.8, 4) is 0 Å². The van der Waals surface area contributed by atoms with Crippen LogP contribution >= 0.6 is 0 Å². The van der Waals surface area contributed by atoms with Crippen molar-refractivity contribution >= 4 is 21.8 Å². The van der Waals surface area contributed by atoms with Crippen LogP contribution in [0, 0.1) is 5.92 Å². The normalized spacial score (nSPS) is 22.7. The third kappa shape index (κ3) is 4.02. The molecule has 1 rings (SSSR count). The lowest BCUT2D eigenvalue weighted by Crippen LogP contribution is -2.51. The van der Waals surface area contributed by atoms with Gasteiger partial charge in [0.15, 0.2) is 9.84 Å². The van der Waals surface area contributed by atoms with Gasteiger partial charge in [-0.1, -0.05) is 13.8 Å². The van der Waals surface area contributed by atoms with Crippen LogP contribution in [-0.2, 0) is 14.6 Å². The van der Waals surface area contributed by atoms with Crippen LogP contribution < -0.4 is 10.6 Å². The second-order valence-corrected chi connectivity index (χ2v) is 6.37. The maximum absolute atomic E-state index is 11.5. The van der Waals surface area contributed by atoms with Crippen LogP contribution in [0.5, 0.6) is 0 Å². The molecule has 1 unspecified atom stereocenters. The van der Waals surface area contributed by atoms with Crippen molar-refractivity contribution in [3.05, 3.63) is 11.5 Å². The molecule has 0 spiro atoms. The third-order valence-corrected chi connectivity index (χ3v) is 3.86. The van der Waals surface area contributed by atoms with Crippen molar-refractivity contribution in [1.82, 2.24) is 10.6 Å². The Kier molecular flexibility index (Phi) is 4.33. The fraction of sp³-hybridized carbons (Fsp3) is 0.600. The van der Waals surface area contributed by atoms with E-state index in [-0.39, 0.29) is 11.7 Å². The van der Waals surface area contributed by atoms with Gasteiger partial charge in [-0.3, -0.25) is 0 Å². The number of hydrogen-bond acceptors (Lipinski definition) is 4. The van der Waals surface area contributed by atoms with Crippen LogP contribution in [0.15, 0.2) is 11.5 Å². The van der Waals surface area contributed by atoms with Crippen molar-refractivity contribution in [3.63, 3.8) is 0 Å². The molecule has 102 valence electrons. The minimum atomic E-state index is -3.24. The molecule has 0 aromatic carbocycles. The standard InChI is InChI=1S/C10H16N2O5S/c1-6(2)8(9(13)14)12-10(15)11-7-3-4-18(16,17)5-7/h3-4,6-8H,5H2,1-2H3,(H,13,14)(H2,11,12,15)/t7?,8-/m0/s1. The third-order valence-electron chi connectivity index (χ3n) is 2.47. The number of carboxylic acid groups (broad SMARTS) is 1. The number of amides is 2. The molecule has 2 atom stereocenters. The van der Waals surface area contributed by atoms with E-state index in [0.29, 0.717) is 0 Å². The summed E-state index contributed by atoms with van der Waals surface area (Å²) in [5.74, 6) is -1.59. The highest BCUT2D eigenvalue weighted by Crippen LogP contribution is 2.08. The summed E-state index contributed by atoms with van der Waals surface area (Å²) in [5.41, 5.74) is 0. The van der Waals surface area contributed by atoms with Crippen LogP contribution in [-0.4, -0.2) is 43.4 Å². The molecular formula is C10H16N2O5S. The second-order valence-electron chi connectivity index (χ2n) is 4.44. The Balaban J connectivity index is 2.52. The second kappa shape index (κ2) is 5.38. The quantitative estimate of drug-likeness (QED) is 0.653. The van der Waals surface area contributed by atoms with Crippen LogP contribution in [0.4, 0.5) is 4.79 Å². The van der Waals surface area contributed by atoms with Gasteiger partial charge in [0.25, 0.3) is 0 Å². The zero-order valence-electron chi connectivity index (χ0n) is 10.1. The number of carboxylic acids is 1. The Morgan fingerprint density at radius 1 is 1.39 bits per heavy atom. The summed E-state index contributed by atoms with van der Waals surface area (Å²) in [7, 11) is -3.24. The summed E-state index contributed by atoms with van der Waals surface area (Å²) in [6, 6.07) is -2.31. The molecule has 8 heteroatoms. The first kappa shape index (κ1) is 14.5. The number of urea groups is 1. The number of sulfone groups is 1. The van der Waals surface area contributed by atoms with Crippen molar-refractivity contribution in [2.24, 2.45) is 5.92 Å². The Morgan fingerprint density at radius 2 is 2.00 bits per heavy atom. The molecule has 1 aliphatic heterocycles. The molecular weight excluding hydrogens is 260 g/mol. The lowest BCUT2D eigenvalue weighted by Gasteiger charge is -2.19. The van der Waals surface area contributed by atoms with Crippen molar-refractivity contribution < 1.29 is 23.1 Å². The van der Waals surface area contributed by atoms with Gasteiger partial charge in [0.05, 0.1) is 11.8 Å². The Labute approximate surface area is 105 Å². The van der Waals surface area contributed by atoms with Gasteiger partial charge in [-0.15, -0.1) is 0 Å². The van der Waals surface area contributed by atoms with E-state index in [1.807, 2.05) is 0 Å². The molecule has 0 saturated heterocycles. The van der Waals surface area contributed by atoms with Gasteiger partial charge in [-0.05, 0) is 12.0 Å². The molecule has 0 aromatic rings. The lowest BCUT2D eigenvalue weighted by molar-refractivity contribution is -0.140. The SMILES string of the molecule is CC(C)[C@H](NC(=O)NC1C=CS(=O)(=O)C1)C(=O)O. The fourth-order valence-corrected chi connectivity index (χ4v) is 2.77. The first-order chi connectivity index (χ1) is 8.21. The summed E-state index contributed by atoms with van der Waals surface area (Å²) < 4.78 is 22.2. The van der Waals surface area contributed by atoms with E-state index >= 15 is 0 Å². The molecule has 0 saturated carbocycles. The minimum Gasteiger partial charge on any atom is -0.480 e. The van der Waals surface area contributed by atoms with E-state index < -0.39 is 33.9 Å². The average molecular weight is 276 g/mol. The van der Waals surface area contributed by atoms with Crippen molar-refractivity contribution in [2.75, 3.05) is 5.75 Å². The maximum Gasteiger partial charge on any atom is 0.326 e. The van der Waals surface area contributed by atoms with Crippen LogP contribution in [0.2, 0.25) is 0 Å². The van der Waals surface area contributed by atoms with Gasteiger partial charge >= 0.3 is 12.0 Å². The van der Waals surface area contributed by atoms with E-state index in [4.69, 9.17) is 5.11 Å². The topological polar surface area (TPSA) is 113 Å². The highest BCUT2D eigenvalue weighted by Gasteiger charge is 2.26. The van der Waals surface area contributed by atoms with E-state index in [2.05, 4.69) is 10.6 Å². The van der Waals surface area contributed by atoms with Gasteiger partial charge < -0.3 is 15.7 Å². The van der Waals surface area contributed by atoms with E-state index in [9.17, 15) is 18.0 Å². The lowest BCUT2D eigenvalue weighted by atomic mass is 10.1. The predicted octanol–water partition coefficient (Wildman–Crippen LogP) is -0.294. The van der Waals surface area contributed by atoms with Gasteiger partial charge in [-0.25, -0.2) is 18.0 Å². The molecule has 18 heavy (non-hydrogen) atoms.